The van der Waals surface area contributed by atoms with E-state index in [1.807, 2.05) is 37.5 Å². The van der Waals surface area contributed by atoms with E-state index in [0.717, 1.165) is 29.9 Å². The topological polar surface area (TPSA) is 88.0 Å². The van der Waals surface area contributed by atoms with Gasteiger partial charge in [0.05, 0.1) is 17.6 Å². The lowest BCUT2D eigenvalue weighted by Gasteiger charge is -2.22. The Morgan fingerprint density at radius 2 is 2.19 bits per heavy atom. The summed E-state index contributed by atoms with van der Waals surface area (Å²) in [6, 6.07) is 9.04. The van der Waals surface area contributed by atoms with Crippen molar-refractivity contribution in [2.45, 2.75) is 6.42 Å². The fourth-order valence-electron chi connectivity index (χ4n) is 2.88. The molecule has 1 aliphatic rings. The number of carbonyl (C=O) groups is 1. The normalized spacial score (nSPS) is 13.5. The van der Waals surface area contributed by atoms with Gasteiger partial charge in [-0.05, 0) is 30.7 Å². The van der Waals surface area contributed by atoms with Gasteiger partial charge in [0.1, 0.15) is 5.82 Å². The third kappa shape index (κ3) is 3.21. The van der Waals surface area contributed by atoms with Crippen molar-refractivity contribution in [2.24, 2.45) is 7.05 Å². The highest BCUT2D eigenvalue weighted by molar-refractivity contribution is 6.02. The summed E-state index contributed by atoms with van der Waals surface area (Å²) in [6.45, 7) is 1.36. The Morgan fingerprint density at radius 3 is 2.96 bits per heavy atom. The number of aryl methyl sites for hydroxylation is 1. The highest BCUT2D eigenvalue weighted by Gasteiger charge is 2.23. The van der Waals surface area contributed by atoms with Crippen LogP contribution in [0.15, 0.2) is 48.9 Å². The van der Waals surface area contributed by atoms with Crippen LogP contribution in [0, 0.1) is 0 Å². The lowest BCUT2D eigenvalue weighted by Crippen LogP contribution is -2.36. The van der Waals surface area contributed by atoms with Gasteiger partial charge in [-0.1, -0.05) is 6.07 Å². The number of pyridine rings is 2. The maximum absolute atomic E-state index is 12.8. The van der Waals surface area contributed by atoms with Crippen LogP contribution in [-0.2, 0) is 7.05 Å². The van der Waals surface area contributed by atoms with Gasteiger partial charge in [0, 0.05) is 38.1 Å². The molecule has 2 N–H and O–H groups in total. The number of aromatic nitrogens is 4. The zero-order valence-electron chi connectivity index (χ0n) is 14.4. The Hall–Kier alpha value is -3.42. The molecule has 0 spiro atoms. The average Bonchev–Trinajstić information content (AvgIpc) is 2.98. The van der Waals surface area contributed by atoms with Crippen molar-refractivity contribution in [1.82, 2.24) is 19.7 Å². The highest BCUT2D eigenvalue weighted by atomic mass is 16.2. The van der Waals surface area contributed by atoms with Crippen LogP contribution < -0.4 is 15.5 Å². The van der Waals surface area contributed by atoms with Gasteiger partial charge < -0.3 is 5.32 Å². The zero-order valence-corrected chi connectivity index (χ0v) is 14.4. The summed E-state index contributed by atoms with van der Waals surface area (Å²) in [5.41, 5.74) is 2.52. The summed E-state index contributed by atoms with van der Waals surface area (Å²) in [5, 5.41) is 10.4. The minimum atomic E-state index is -0.246. The van der Waals surface area contributed by atoms with Crippen molar-refractivity contribution in [2.75, 3.05) is 28.6 Å². The van der Waals surface area contributed by atoms with Crippen LogP contribution in [0.25, 0.3) is 11.3 Å². The van der Waals surface area contributed by atoms with Crippen molar-refractivity contribution < 1.29 is 4.79 Å². The second kappa shape index (κ2) is 6.83. The van der Waals surface area contributed by atoms with E-state index in [9.17, 15) is 4.79 Å². The molecule has 3 aromatic rings. The van der Waals surface area contributed by atoms with Crippen LogP contribution in [0.5, 0.6) is 0 Å². The number of hydrogen-bond acceptors (Lipinski definition) is 5. The summed E-state index contributed by atoms with van der Waals surface area (Å²) in [4.78, 5) is 23.4. The third-order valence-electron chi connectivity index (χ3n) is 4.15. The Morgan fingerprint density at radius 1 is 1.27 bits per heavy atom. The van der Waals surface area contributed by atoms with Gasteiger partial charge in [-0.2, -0.15) is 5.10 Å². The molecule has 0 atom stereocenters. The van der Waals surface area contributed by atoms with E-state index >= 15 is 0 Å². The molecule has 0 aliphatic carbocycles. The van der Waals surface area contributed by atoms with Crippen molar-refractivity contribution in [3.63, 3.8) is 0 Å². The molecule has 3 aromatic heterocycles. The maximum Gasteiger partial charge on any atom is 0.328 e. The van der Waals surface area contributed by atoms with Crippen LogP contribution in [0.2, 0.25) is 0 Å². The quantitative estimate of drug-likeness (QED) is 0.743. The number of amides is 2. The van der Waals surface area contributed by atoms with Gasteiger partial charge in [-0.15, -0.1) is 0 Å². The minimum absolute atomic E-state index is 0.246. The van der Waals surface area contributed by atoms with Crippen molar-refractivity contribution in [1.29, 1.82) is 0 Å². The molecule has 0 saturated carbocycles. The van der Waals surface area contributed by atoms with Crippen LogP contribution in [0.1, 0.15) is 6.42 Å². The number of nitrogens with zero attached hydrogens (tertiary/aromatic N) is 5. The first-order valence-electron chi connectivity index (χ1n) is 8.44. The molecule has 8 heteroatoms. The largest absolute Gasteiger partial charge is 0.382 e. The molecule has 0 saturated heterocycles. The first-order chi connectivity index (χ1) is 12.7. The number of fused-ring (bicyclic) bond motifs is 1. The summed E-state index contributed by atoms with van der Waals surface area (Å²) < 4.78 is 1.73. The van der Waals surface area contributed by atoms with E-state index in [1.54, 1.807) is 28.0 Å². The molecule has 0 aromatic carbocycles. The molecule has 26 heavy (non-hydrogen) atoms. The fraction of sp³-hybridized carbons (Fsp3) is 0.222. The van der Waals surface area contributed by atoms with Crippen LogP contribution in [0.3, 0.4) is 0 Å². The molecule has 0 fully saturated rings. The third-order valence-corrected chi connectivity index (χ3v) is 4.15. The predicted molar refractivity (Wildman–Crippen MR) is 100 cm³/mol. The van der Waals surface area contributed by atoms with Gasteiger partial charge in [0.2, 0.25) is 0 Å². The molecule has 8 nitrogen and oxygen atoms in total. The second-order valence-corrected chi connectivity index (χ2v) is 6.05. The van der Waals surface area contributed by atoms with Crippen LogP contribution in [-0.4, -0.2) is 38.9 Å². The lowest BCUT2D eigenvalue weighted by molar-refractivity contribution is 0.256. The number of nitrogens with one attached hydrogen (secondary N) is 2. The lowest BCUT2D eigenvalue weighted by atomic mass is 10.2. The van der Waals surface area contributed by atoms with E-state index in [1.165, 1.54) is 0 Å². The Balaban J connectivity index is 1.67. The molecular weight excluding hydrogens is 330 g/mol. The molecule has 0 unspecified atom stereocenters. The first kappa shape index (κ1) is 16.1. The van der Waals surface area contributed by atoms with E-state index in [0.29, 0.717) is 18.2 Å². The summed E-state index contributed by atoms with van der Waals surface area (Å²) >= 11 is 0. The van der Waals surface area contributed by atoms with Crippen molar-refractivity contribution in [3.05, 3.63) is 48.9 Å². The fourth-order valence-corrected chi connectivity index (χ4v) is 2.88. The Labute approximate surface area is 150 Å². The SMILES string of the molecule is Cn1cc(-c2ccc3c(n2)N(C(=O)Nc2ccccn2)CCCN3)cn1. The Kier molecular flexibility index (Phi) is 4.22. The molecule has 1 aliphatic heterocycles. The zero-order chi connectivity index (χ0) is 17.9. The molecule has 2 amide bonds. The molecule has 4 rings (SSSR count). The van der Waals surface area contributed by atoms with Crippen molar-refractivity contribution in [3.8, 4) is 11.3 Å². The minimum Gasteiger partial charge on any atom is -0.382 e. The Bertz CT molecular complexity index is 922. The van der Waals surface area contributed by atoms with Crippen LogP contribution >= 0.6 is 0 Å². The number of rotatable bonds is 2. The molecule has 0 bridgehead atoms. The van der Waals surface area contributed by atoms with Gasteiger partial charge in [-0.3, -0.25) is 14.9 Å². The molecular formula is C18H19N7O. The summed E-state index contributed by atoms with van der Waals surface area (Å²) in [7, 11) is 1.86. The van der Waals surface area contributed by atoms with Crippen LogP contribution in [0.4, 0.5) is 22.1 Å². The monoisotopic (exact) mass is 349 g/mol. The van der Waals surface area contributed by atoms with E-state index < -0.39 is 0 Å². The smallest absolute Gasteiger partial charge is 0.328 e. The number of anilines is 3. The van der Waals surface area contributed by atoms with E-state index in [2.05, 4.69) is 20.7 Å². The summed E-state index contributed by atoms with van der Waals surface area (Å²) in [5.74, 6) is 1.12. The van der Waals surface area contributed by atoms with E-state index in [4.69, 9.17) is 4.98 Å². The van der Waals surface area contributed by atoms with Gasteiger partial charge in [0.25, 0.3) is 0 Å². The highest BCUT2D eigenvalue weighted by Crippen LogP contribution is 2.30. The van der Waals surface area contributed by atoms with Crippen molar-refractivity contribution >= 4 is 23.4 Å². The number of carbonyl (C=O) groups excluding carboxylic acids is 1. The molecule has 132 valence electrons. The standard InChI is InChI=1S/C18H19N7O/c1-24-12-13(11-21-24)14-6-7-15-17(22-14)25(10-4-9-19-15)18(26)23-16-5-2-3-8-20-16/h2-3,5-8,11-12,19H,4,9-10H2,1H3,(H,20,23,26). The summed E-state index contributed by atoms with van der Waals surface area (Å²) in [6.07, 6.45) is 6.13. The molecule has 0 radical (unpaired) electrons. The van der Waals surface area contributed by atoms with E-state index in [-0.39, 0.29) is 6.03 Å². The average molecular weight is 349 g/mol. The first-order valence-corrected chi connectivity index (χ1v) is 8.44. The van der Waals surface area contributed by atoms with Gasteiger partial charge in [0.15, 0.2) is 5.82 Å². The van der Waals surface area contributed by atoms with Gasteiger partial charge in [-0.25, -0.2) is 14.8 Å². The maximum atomic E-state index is 12.8. The predicted octanol–water partition coefficient (Wildman–Crippen LogP) is 2.73. The number of hydrogen-bond donors (Lipinski definition) is 2. The second-order valence-electron chi connectivity index (χ2n) is 6.05. The molecule has 4 heterocycles. The number of urea groups is 1. The van der Waals surface area contributed by atoms with Gasteiger partial charge >= 0.3 is 6.03 Å².